The molecule has 0 radical (unpaired) electrons. The Morgan fingerprint density at radius 2 is 2.24 bits per heavy atom. The first kappa shape index (κ1) is 21.4. The Hall–Kier alpha value is -2.28. The summed E-state index contributed by atoms with van der Waals surface area (Å²) in [7, 11) is 0. The van der Waals surface area contributed by atoms with Crippen LogP contribution in [0.5, 0.6) is 0 Å². The SMILES string of the molecule is Cc1ccc(-c2noc(CCCN3CCCC(CNC(=O)C(C)C)C3)n2)cc1F. The molecule has 2 heterocycles. The third-order valence-electron chi connectivity index (χ3n) is 5.46. The molecule has 1 atom stereocenters. The first-order chi connectivity index (χ1) is 13.9. The van der Waals surface area contributed by atoms with E-state index in [0.29, 0.717) is 35.2 Å². The van der Waals surface area contributed by atoms with Crippen molar-refractivity contribution in [2.75, 3.05) is 26.2 Å². The minimum Gasteiger partial charge on any atom is -0.356 e. The molecule has 158 valence electrons. The fraction of sp³-hybridized carbons (Fsp3) is 0.591. The predicted molar refractivity (Wildman–Crippen MR) is 110 cm³/mol. The highest BCUT2D eigenvalue weighted by atomic mass is 19.1. The molecule has 0 saturated carbocycles. The predicted octanol–water partition coefficient (Wildman–Crippen LogP) is 3.60. The van der Waals surface area contributed by atoms with E-state index in [4.69, 9.17) is 4.52 Å². The van der Waals surface area contributed by atoms with Crippen LogP contribution in [0.2, 0.25) is 0 Å². The normalized spacial score (nSPS) is 17.6. The number of benzene rings is 1. The van der Waals surface area contributed by atoms with E-state index < -0.39 is 0 Å². The van der Waals surface area contributed by atoms with E-state index >= 15 is 0 Å². The van der Waals surface area contributed by atoms with Gasteiger partial charge in [-0.25, -0.2) is 4.39 Å². The highest BCUT2D eigenvalue weighted by Crippen LogP contribution is 2.20. The van der Waals surface area contributed by atoms with Crippen LogP contribution in [-0.2, 0) is 11.2 Å². The van der Waals surface area contributed by atoms with Crippen LogP contribution in [0.3, 0.4) is 0 Å². The van der Waals surface area contributed by atoms with Crippen molar-refractivity contribution in [2.45, 2.75) is 46.5 Å². The molecule has 1 aliphatic rings. The van der Waals surface area contributed by atoms with E-state index in [1.807, 2.05) is 13.8 Å². The molecule has 6 nitrogen and oxygen atoms in total. The van der Waals surface area contributed by atoms with Crippen molar-refractivity contribution >= 4 is 5.91 Å². The molecule has 0 aliphatic carbocycles. The Bertz CT molecular complexity index is 821. The smallest absolute Gasteiger partial charge is 0.227 e. The first-order valence-electron chi connectivity index (χ1n) is 10.5. The maximum absolute atomic E-state index is 13.7. The number of hydrogen-bond donors (Lipinski definition) is 1. The van der Waals surface area contributed by atoms with Crippen LogP contribution < -0.4 is 5.32 Å². The third kappa shape index (κ3) is 6.10. The number of nitrogens with one attached hydrogen (secondary N) is 1. The minimum absolute atomic E-state index is 0.0328. The van der Waals surface area contributed by atoms with E-state index in [2.05, 4.69) is 20.4 Å². The largest absolute Gasteiger partial charge is 0.356 e. The standard InChI is InChI=1S/C22H31FN4O2/c1-15(2)22(28)24-13-17-6-4-10-27(14-17)11-5-7-20-25-21(26-29-20)18-9-8-16(3)19(23)12-18/h8-9,12,15,17H,4-7,10-11,13-14H2,1-3H3,(H,24,28). The quantitative estimate of drug-likeness (QED) is 0.730. The molecule has 1 amide bonds. The lowest BCUT2D eigenvalue weighted by atomic mass is 9.97. The molecule has 29 heavy (non-hydrogen) atoms. The van der Waals surface area contributed by atoms with Crippen LogP contribution in [0.4, 0.5) is 4.39 Å². The fourth-order valence-corrected chi connectivity index (χ4v) is 3.63. The number of amides is 1. The molecule has 0 bridgehead atoms. The molecule has 1 fully saturated rings. The molecule has 3 rings (SSSR count). The molecular formula is C22H31FN4O2. The van der Waals surface area contributed by atoms with Crippen LogP contribution in [0.15, 0.2) is 22.7 Å². The topological polar surface area (TPSA) is 71.3 Å². The summed E-state index contributed by atoms with van der Waals surface area (Å²) in [4.78, 5) is 18.6. The lowest BCUT2D eigenvalue weighted by Crippen LogP contribution is -2.42. The number of rotatable bonds is 8. The molecule has 1 saturated heterocycles. The van der Waals surface area contributed by atoms with Crippen molar-refractivity contribution in [1.29, 1.82) is 0 Å². The van der Waals surface area contributed by atoms with Crippen LogP contribution >= 0.6 is 0 Å². The number of carbonyl (C=O) groups excluding carboxylic acids is 1. The van der Waals surface area contributed by atoms with E-state index in [-0.39, 0.29) is 17.6 Å². The molecule has 1 unspecified atom stereocenters. The molecule has 1 aromatic carbocycles. The van der Waals surface area contributed by atoms with Crippen molar-refractivity contribution in [1.82, 2.24) is 20.4 Å². The van der Waals surface area contributed by atoms with Crippen LogP contribution in [0, 0.1) is 24.6 Å². The maximum atomic E-state index is 13.7. The van der Waals surface area contributed by atoms with E-state index in [1.165, 1.54) is 6.07 Å². The summed E-state index contributed by atoms with van der Waals surface area (Å²) in [6, 6.07) is 4.96. The van der Waals surface area contributed by atoms with Gasteiger partial charge in [0.1, 0.15) is 5.82 Å². The van der Waals surface area contributed by atoms with Crippen molar-refractivity contribution < 1.29 is 13.7 Å². The summed E-state index contributed by atoms with van der Waals surface area (Å²) in [6.07, 6.45) is 3.95. The van der Waals surface area contributed by atoms with E-state index in [0.717, 1.165) is 45.4 Å². The van der Waals surface area contributed by atoms with Gasteiger partial charge >= 0.3 is 0 Å². The van der Waals surface area contributed by atoms with Gasteiger partial charge in [-0.05, 0) is 56.8 Å². The van der Waals surface area contributed by atoms with Gasteiger partial charge in [0.05, 0.1) is 0 Å². The van der Waals surface area contributed by atoms with Gasteiger partial charge in [0.2, 0.25) is 17.6 Å². The van der Waals surface area contributed by atoms with Crippen LogP contribution in [0.25, 0.3) is 11.4 Å². The minimum atomic E-state index is -0.266. The molecule has 1 aromatic heterocycles. The Balaban J connectivity index is 1.43. The van der Waals surface area contributed by atoms with Crippen molar-refractivity contribution in [2.24, 2.45) is 11.8 Å². The second kappa shape index (κ2) is 9.96. The third-order valence-corrected chi connectivity index (χ3v) is 5.46. The Morgan fingerprint density at radius 3 is 3.00 bits per heavy atom. The highest BCUT2D eigenvalue weighted by Gasteiger charge is 2.21. The van der Waals surface area contributed by atoms with Crippen LogP contribution in [-0.4, -0.2) is 47.1 Å². The van der Waals surface area contributed by atoms with Crippen molar-refractivity contribution in [3.05, 3.63) is 35.5 Å². The van der Waals surface area contributed by atoms with Gasteiger partial charge in [-0.1, -0.05) is 31.1 Å². The van der Waals surface area contributed by atoms with Gasteiger partial charge in [0.15, 0.2) is 0 Å². The molecule has 1 N–H and O–H groups in total. The zero-order valence-corrected chi connectivity index (χ0v) is 17.6. The highest BCUT2D eigenvalue weighted by molar-refractivity contribution is 5.77. The van der Waals surface area contributed by atoms with E-state index in [9.17, 15) is 9.18 Å². The number of nitrogens with zero attached hydrogens (tertiary/aromatic N) is 3. The molecule has 1 aliphatic heterocycles. The number of halogens is 1. The second-order valence-electron chi connectivity index (χ2n) is 8.29. The van der Waals surface area contributed by atoms with Gasteiger partial charge in [-0.15, -0.1) is 0 Å². The van der Waals surface area contributed by atoms with Gasteiger partial charge in [-0.3, -0.25) is 4.79 Å². The molecule has 7 heteroatoms. The Morgan fingerprint density at radius 1 is 1.41 bits per heavy atom. The van der Waals surface area contributed by atoms with Gasteiger partial charge in [0, 0.05) is 31.0 Å². The number of carbonyl (C=O) groups is 1. The molecule has 2 aromatic rings. The number of piperidine rings is 1. The summed E-state index contributed by atoms with van der Waals surface area (Å²) in [5.74, 6) is 1.42. The molecular weight excluding hydrogens is 371 g/mol. The maximum Gasteiger partial charge on any atom is 0.227 e. The van der Waals surface area contributed by atoms with Gasteiger partial charge in [0.25, 0.3) is 0 Å². The zero-order valence-electron chi connectivity index (χ0n) is 17.6. The average molecular weight is 403 g/mol. The lowest BCUT2D eigenvalue weighted by Gasteiger charge is -2.32. The summed E-state index contributed by atoms with van der Waals surface area (Å²) in [5.41, 5.74) is 1.23. The van der Waals surface area contributed by atoms with Crippen LogP contribution in [0.1, 0.15) is 44.6 Å². The Labute approximate surface area is 171 Å². The first-order valence-corrected chi connectivity index (χ1v) is 10.5. The lowest BCUT2D eigenvalue weighted by molar-refractivity contribution is -0.124. The average Bonchev–Trinajstić information content (AvgIpc) is 3.17. The molecule has 0 spiro atoms. The summed E-state index contributed by atoms with van der Waals surface area (Å²) in [5, 5.41) is 7.04. The van der Waals surface area contributed by atoms with Crippen molar-refractivity contribution in [3.8, 4) is 11.4 Å². The van der Waals surface area contributed by atoms with Gasteiger partial charge in [-0.2, -0.15) is 4.98 Å². The number of aromatic nitrogens is 2. The number of hydrogen-bond acceptors (Lipinski definition) is 5. The monoisotopic (exact) mass is 402 g/mol. The Kier molecular flexibility index (Phi) is 7.36. The fourth-order valence-electron chi connectivity index (χ4n) is 3.63. The zero-order chi connectivity index (χ0) is 20.8. The van der Waals surface area contributed by atoms with Gasteiger partial charge < -0.3 is 14.7 Å². The second-order valence-corrected chi connectivity index (χ2v) is 8.29. The summed E-state index contributed by atoms with van der Waals surface area (Å²) >= 11 is 0. The van der Waals surface area contributed by atoms with Crippen molar-refractivity contribution in [3.63, 3.8) is 0 Å². The number of aryl methyl sites for hydroxylation is 2. The summed E-state index contributed by atoms with van der Waals surface area (Å²) in [6.45, 7) is 9.38. The number of likely N-dealkylation sites (tertiary alicyclic amines) is 1. The summed E-state index contributed by atoms with van der Waals surface area (Å²) < 4.78 is 19.1. The van der Waals surface area contributed by atoms with E-state index in [1.54, 1.807) is 19.1 Å².